The highest BCUT2D eigenvalue weighted by atomic mass is 35.5. The lowest BCUT2D eigenvalue weighted by atomic mass is 9.56. The SMILES string of the molecule is CCCCCCC[C@H]1CCC2C(CCC3C[C@@H](Cl)CCC32)C1. The van der Waals surface area contributed by atoms with Crippen molar-refractivity contribution >= 4 is 11.6 Å². The quantitative estimate of drug-likeness (QED) is 0.358. The van der Waals surface area contributed by atoms with Gasteiger partial charge in [0.2, 0.25) is 0 Å². The molecule has 3 fully saturated rings. The molecule has 3 aliphatic rings. The minimum atomic E-state index is 0.497. The Kier molecular flexibility index (Phi) is 6.54. The van der Waals surface area contributed by atoms with Crippen LogP contribution < -0.4 is 0 Å². The second-order valence-corrected chi connectivity index (χ2v) is 9.33. The molecular formula is C21H37Cl. The van der Waals surface area contributed by atoms with E-state index in [1.807, 2.05) is 0 Å². The lowest BCUT2D eigenvalue weighted by molar-refractivity contribution is 0.0110. The summed E-state index contributed by atoms with van der Waals surface area (Å²) in [5.74, 6) is 5.29. The first-order chi connectivity index (χ1) is 10.8. The summed E-state index contributed by atoms with van der Waals surface area (Å²) in [5, 5.41) is 0.497. The van der Waals surface area contributed by atoms with Crippen LogP contribution in [-0.2, 0) is 0 Å². The first-order valence-corrected chi connectivity index (χ1v) is 10.9. The maximum absolute atomic E-state index is 6.43. The third kappa shape index (κ3) is 4.22. The van der Waals surface area contributed by atoms with E-state index in [0.717, 1.165) is 29.6 Å². The Morgan fingerprint density at radius 1 is 0.727 bits per heavy atom. The highest BCUT2D eigenvalue weighted by Gasteiger charge is 2.44. The fraction of sp³-hybridized carbons (Fsp3) is 1.00. The topological polar surface area (TPSA) is 0 Å². The Morgan fingerprint density at radius 2 is 1.41 bits per heavy atom. The maximum atomic E-state index is 6.43. The van der Waals surface area contributed by atoms with Crippen molar-refractivity contribution in [3.05, 3.63) is 0 Å². The Morgan fingerprint density at radius 3 is 2.18 bits per heavy atom. The van der Waals surface area contributed by atoms with Crippen molar-refractivity contribution in [2.75, 3.05) is 0 Å². The van der Waals surface area contributed by atoms with Gasteiger partial charge in [0, 0.05) is 5.38 Å². The Hall–Kier alpha value is 0.290. The van der Waals surface area contributed by atoms with Crippen LogP contribution in [0.5, 0.6) is 0 Å². The molecule has 0 saturated heterocycles. The number of rotatable bonds is 6. The van der Waals surface area contributed by atoms with E-state index in [9.17, 15) is 0 Å². The van der Waals surface area contributed by atoms with E-state index in [1.54, 1.807) is 19.3 Å². The average molecular weight is 325 g/mol. The van der Waals surface area contributed by atoms with Crippen molar-refractivity contribution < 1.29 is 0 Å². The fourth-order valence-electron chi connectivity index (χ4n) is 6.13. The van der Waals surface area contributed by atoms with Crippen LogP contribution in [0.4, 0.5) is 0 Å². The second-order valence-electron chi connectivity index (χ2n) is 8.72. The molecule has 6 atom stereocenters. The third-order valence-electron chi connectivity index (χ3n) is 7.30. The van der Waals surface area contributed by atoms with E-state index in [1.165, 1.54) is 70.6 Å². The summed E-state index contributed by atoms with van der Waals surface area (Å²) in [5.41, 5.74) is 0. The summed E-state index contributed by atoms with van der Waals surface area (Å²) < 4.78 is 0. The van der Waals surface area contributed by atoms with E-state index in [2.05, 4.69) is 6.92 Å². The number of alkyl halides is 1. The minimum Gasteiger partial charge on any atom is -0.123 e. The first kappa shape index (κ1) is 17.1. The smallest absolute Gasteiger partial charge is 0.0338 e. The van der Waals surface area contributed by atoms with Gasteiger partial charge < -0.3 is 0 Å². The summed E-state index contributed by atoms with van der Waals surface area (Å²) in [4.78, 5) is 0. The highest BCUT2D eigenvalue weighted by molar-refractivity contribution is 6.20. The van der Waals surface area contributed by atoms with Gasteiger partial charge in [0.05, 0.1) is 0 Å². The third-order valence-corrected chi connectivity index (χ3v) is 7.70. The molecule has 0 radical (unpaired) electrons. The van der Waals surface area contributed by atoms with Crippen LogP contribution in [0.3, 0.4) is 0 Å². The largest absolute Gasteiger partial charge is 0.123 e. The predicted octanol–water partition coefficient (Wildman–Crippen LogP) is 7.20. The van der Waals surface area contributed by atoms with Crippen molar-refractivity contribution in [2.45, 2.75) is 102 Å². The first-order valence-electron chi connectivity index (χ1n) is 10.4. The van der Waals surface area contributed by atoms with Crippen molar-refractivity contribution in [2.24, 2.45) is 29.6 Å². The van der Waals surface area contributed by atoms with Gasteiger partial charge in [0.15, 0.2) is 0 Å². The molecule has 0 heterocycles. The molecule has 0 nitrogen and oxygen atoms in total. The standard InChI is InChI=1S/C21H37Cl/c1-2-3-4-5-6-7-16-8-12-20-17(14-16)9-10-18-15-19(22)11-13-21(18)20/h16-21H,2-15H2,1H3/t16-,17?,18?,19-,20?,21?/m0/s1. The number of halogens is 1. The highest BCUT2D eigenvalue weighted by Crippen LogP contribution is 2.53. The molecule has 3 saturated carbocycles. The van der Waals surface area contributed by atoms with Crippen LogP contribution in [-0.4, -0.2) is 5.38 Å². The molecule has 3 rings (SSSR count). The van der Waals surface area contributed by atoms with Gasteiger partial charge in [-0.1, -0.05) is 51.9 Å². The van der Waals surface area contributed by atoms with Crippen LogP contribution in [0, 0.1) is 29.6 Å². The normalized spacial score (nSPS) is 41.7. The molecule has 0 aromatic rings. The summed E-state index contributed by atoms with van der Waals surface area (Å²) in [6, 6.07) is 0. The zero-order chi connectivity index (χ0) is 15.4. The van der Waals surface area contributed by atoms with E-state index >= 15 is 0 Å². The van der Waals surface area contributed by atoms with Crippen LogP contribution in [0.25, 0.3) is 0 Å². The molecule has 0 spiro atoms. The lowest BCUT2D eigenvalue weighted by Crippen LogP contribution is -2.41. The van der Waals surface area contributed by atoms with Crippen molar-refractivity contribution in [1.29, 1.82) is 0 Å². The number of hydrogen-bond donors (Lipinski definition) is 0. The second kappa shape index (κ2) is 8.41. The molecule has 22 heavy (non-hydrogen) atoms. The van der Waals surface area contributed by atoms with Gasteiger partial charge in [-0.3, -0.25) is 0 Å². The molecule has 4 unspecified atom stereocenters. The zero-order valence-corrected chi connectivity index (χ0v) is 15.5. The van der Waals surface area contributed by atoms with Crippen LogP contribution >= 0.6 is 11.6 Å². The van der Waals surface area contributed by atoms with Crippen molar-refractivity contribution in [3.63, 3.8) is 0 Å². The Labute approximate surface area is 143 Å². The van der Waals surface area contributed by atoms with Crippen molar-refractivity contribution in [1.82, 2.24) is 0 Å². The van der Waals surface area contributed by atoms with Crippen LogP contribution in [0.2, 0.25) is 0 Å². The molecule has 1 heteroatoms. The van der Waals surface area contributed by atoms with Gasteiger partial charge >= 0.3 is 0 Å². The van der Waals surface area contributed by atoms with Gasteiger partial charge in [-0.25, -0.2) is 0 Å². The molecule has 0 amide bonds. The zero-order valence-electron chi connectivity index (χ0n) is 14.7. The van der Waals surface area contributed by atoms with Gasteiger partial charge in [0.1, 0.15) is 0 Å². The van der Waals surface area contributed by atoms with E-state index in [0.29, 0.717) is 5.38 Å². The molecule has 0 N–H and O–H groups in total. The lowest BCUT2D eigenvalue weighted by Gasteiger charge is -2.50. The van der Waals surface area contributed by atoms with Gasteiger partial charge in [-0.05, 0) is 74.5 Å². The predicted molar refractivity (Wildman–Crippen MR) is 97.4 cm³/mol. The van der Waals surface area contributed by atoms with E-state index in [4.69, 9.17) is 11.6 Å². The number of hydrogen-bond acceptors (Lipinski definition) is 0. The summed E-state index contributed by atoms with van der Waals surface area (Å²) in [6.07, 6.45) is 20.6. The molecular weight excluding hydrogens is 288 g/mol. The number of unbranched alkanes of at least 4 members (excludes halogenated alkanes) is 4. The summed E-state index contributed by atoms with van der Waals surface area (Å²) in [6.45, 7) is 2.31. The molecule has 0 aromatic heterocycles. The molecule has 3 aliphatic carbocycles. The van der Waals surface area contributed by atoms with Gasteiger partial charge in [-0.15, -0.1) is 11.6 Å². The fourth-order valence-corrected chi connectivity index (χ4v) is 6.49. The molecule has 128 valence electrons. The molecule has 0 bridgehead atoms. The molecule has 0 aliphatic heterocycles. The van der Waals surface area contributed by atoms with Crippen LogP contribution in [0.1, 0.15) is 96.8 Å². The average Bonchev–Trinajstić information content (AvgIpc) is 2.54. The van der Waals surface area contributed by atoms with Gasteiger partial charge in [-0.2, -0.15) is 0 Å². The Bertz CT molecular complexity index is 326. The number of fused-ring (bicyclic) bond motifs is 3. The van der Waals surface area contributed by atoms with Gasteiger partial charge in [0.25, 0.3) is 0 Å². The van der Waals surface area contributed by atoms with E-state index in [-0.39, 0.29) is 0 Å². The summed E-state index contributed by atoms with van der Waals surface area (Å²) in [7, 11) is 0. The Balaban J connectivity index is 1.43. The maximum Gasteiger partial charge on any atom is 0.0338 e. The van der Waals surface area contributed by atoms with Crippen LogP contribution in [0.15, 0.2) is 0 Å². The summed E-state index contributed by atoms with van der Waals surface area (Å²) >= 11 is 6.43. The monoisotopic (exact) mass is 324 g/mol. The van der Waals surface area contributed by atoms with Crippen molar-refractivity contribution in [3.8, 4) is 0 Å². The van der Waals surface area contributed by atoms with E-state index < -0.39 is 0 Å². The minimum absolute atomic E-state index is 0.497. The molecule has 0 aromatic carbocycles.